The molecular formula is C22H41NO11. The normalized spacial score (nSPS) is 36.4. The van der Waals surface area contributed by atoms with Crippen molar-refractivity contribution in [2.75, 3.05) is 26.4 Å². The number of carbonyl (C=O) groups excluding carboxylic acids is 1. The third-order valence-electron chi connectivity index (χ3n) is 6.00. The number of rotatable bonds is 14. The second kappa shape index (κ2) is 15.2. The van der Waals surface area contributed by atoms with Gasteiger partial charge in [-0.05, 0) is 12.8 Å². The molecule has 0 saturated carbocycles. The van der Waals surface area contributed by atoms with E-state index in [2.05, 4.69) is 12.2 Å². The van der Waals surface area contributed by atoms with Crippen LogP contribution in [0.3, 0.4) is 0 Å². The van der Waals surface area contributed by atoms with Crippen LogP contribution in [-0.2, 0) is 23.7 Å². The van der Waals surface area contributed by atoms with Gasteiger partial charge in [0.25, 0.3) is 0 Å². The van der Waals surface area contributed by atoms with Gasteiger partial charge in [0.15, 0.2) is 12.6 Å². The molecule has 0 unspecified atom stereocenters. The van der Waals surface area contributed by atoms with Crippen LogP contribution in [0.2, 0.25) is 0 Å². The summed E-state index contributed by atoms with van der Waals surface area (Å²) in [6, 6.07) is 0. The Hall–Kier alpha value is -0.930. The van der Waals surface area contributed by atoms with Crippen LogP contribution >= 0.6 is 0 Å². The zero-order valence-electron chi connectivity index (χ0n) is 19.7. The highest BCUT2D eigenvalue weighted by Gasteiger charge is 2.49. The minimum atomic E-state index is -1.62. The molecule has 7 N–H and O–H groups in total. The highest BCUT2D eigenvalue weighted by atomic mass is 16.7. The van der Waals surface area contributed by atoms with Crippen molar-refractivity contribution < 1.29 is 54.4 Å². The van der Waals surface area contributed by atoms with Crippen LogP contribution in [0.25, 0.3) is 0 Å². The molecule has 2 fully saturated rings. The van der Waals surface area contributed by atoms with Gasteiger partial charge in [0.05, 0.1) is 19.8 Å². The number of ether oxygens (including phenoxy) is 4. The second-order valence-corrected chi connectivity index (χ2v) is 8.80. The van der Waals surface area contributed by atoms with Crippen LogP contribution in [0.5, 0.6) is 0 Å². The average molecular weight is 496 g/mol. The molecule has 0 aromatic rings. The number of hydrogen-bond acceptors (Lipinski definition) is 11. The summed E-state index contributed by atoms with van der Waals surface area (Å²) < 4.78 is 21.6. The first-order valence-electron chi connectivity index (χ1n) is 12.1. The maximum absolute atomic E-state index is 11.9. The number of aliphatic hydroxyl groups excluding tert-OH is 6. The van der Waals surface area contributed by atoms with Crippen LogP contribution in [-0.4, -0.2) is 118 Å². The van der Waals surface area contributed by atoms with Gasteiger partial charge in [0, 0.05) is 13.0 Å². The van der Waals surface area contributed by atoms with Crippen molar-refractivity contribution in [3.63, 3.8) is 0 Å². The topological polar surface area (TPSA) is 187 Å². The lowest BCUT2D eigenvalue weighted by molar-refractivity contribution is -0.349. The van der Waals surface area contributed by atoms with Gasteiger partial charge in [0.1, 0.15) is 42.7 Å². The number of nitrogens with one attached hydrogen (secondary N) is 1. The Morgan fingerprint density at radius 1 is 0.941 bits per heavy atom. The largest absolute Gasteiger partial charge is 0.394 e. The van der Waals surface area contributed by atoms with E-state index in [4.69, 9.17) is 18.9 Å². The highest BCUT2D eigenvalue weighted by Crippen LogP contribution is 2.28. The summed E-state index contributed by atoms with van der Waals surface area (Å²) >= 11 is 0. The molecule has 2 rings (SSSR count). The van der Waals surface area contributed by atoms with E-state index in [9.17, 15) is 35.4 Å². The first kappa shape index (κ1) is 29.3. The van der Waals surface area contributed by atoms with E-state index in [0.717, 1.165) is 25.7 Å². The average Bonchev–Trinajstić information content (AvgIpc) is 2.82. The summed E-state index contributed by atoms with van der Waals surface area (Å²) in [6.45, 7) is 1.74. The third-order valence-corrected chi connectivity index (χ3v) is 6.00. The van der Waals surface area contributed by atoms with Gasteiger partial charge in [-0.1, -0.05) is 32.6 Å². The highest BCUT2D eigenvalue weighted by molar-refractivity contribution is 5.75. The molecule has 0 aliphatic carbocycles. The van der Waals surface area contributed by atoms with E-state index in [0.29, 0.717) is 19.4 Å². The first-order chi connectivity index (χ1) is 16.3. The SMILES string of the molecule is CCCCCCCC(=O)NCCCO[C@@H]1O[C@H](CO)[C@@H](O)[C@H](O[C@H]2OC[C@@H](O)[C@H](O)[C@H]2O)[C@H]1O. The zero-order chi connectivity index (χ0) is 25.1. The Balaban J connectivity index is 1.76. The molecule has 1 amide bonds. The summed E-state index contributed by atoms with van der Waals surface area (Å²) in [4.78, 5) is 11.9. The Kier molecular flexibility index (Phi) is 13.1. The molecule has 12 nitrogen and oxygen atoms in total. The fraction of sp³-hybridized carbons (Fsp3) is 0.955. The van der Waals surface area contributed by atoms with E-state index < -0.39 is 61.9 Å². The van der Waals surface area contributed by atoms with Gasteiger partial charge < -0.3 is 54.9 Å². The predicted molar refractivity (Wildman–Crippen MR) is 117 cm³/mol. The number of aliphatic hydroxyl groups is 6. The summed E-state index contributed by atoms with van der Waals surface area (Å²) in [5.74, 6) is -0.0271. The van der Waals surface area contributed by atoms with Crippen LogP contribution in [0.4, 0.5) is 0 Å². The Bertz CT molecular complexity index is 583. The number of unbranched alkanes of at least 4 members (excludes halogenated alkanes) is 4. The van der Waals surface area contributed by atoms with Crippen molar-refractivity contribution in [1.29, 1.82) is 0 Å². The van der Waals surface area contributed by atoms with Crippen LogP contribution in [0.15, 0.2) is 0 Å². The minimum absolute atomic E-state index is 0.0271. The summed E-state index contributed by atoms with van der Waals surface area (Å²) in [5, 5.41) is 62.8. The van der Waals surface area contributed by atoms with Crippen molar-refractivity contribution in [1.82, 2.24) is 5.32 Å². The number of amides is 1. The zero-order valence-corrected chi connectivity index (χ0v) is 19.7. The molecule has 2 saturated heterocycles. The number of carbonyl (C=O) groups is 1. The summed E-state index contributed by atoms with van der Waals surface area (Å²) in [5.41, 5.74) is 0. The summed E-state index contributed by atoms with van der Waals surface area (Å²) in [6.07, 6.45) is -6.35. The lowest BCUT2D eigenvalue weighted by Gasteiger charge is -2.44. The molecule has 200 valence electrons. The van der Waals surface area contributed by atoms with Crippen LogP contribution < -0.4 is 5.32 Å². The minimum Gasteiger partial charge on any atom is -0.394 e. The van der Waals surface area contributed by atoms with Crippen LogP contribution in [0.1, 0.15) is 51.9 Å². The van der Waals surface area contributed by atoms with Gasteiger partial charge in [-0.2, -0.15) is 0 Å². The molecule has 0 radical (unpaired) electrons. The molecule has 2 aliphatic heterocycles. The molecular weight excluding hydrogens is 454 g/mol. The van der Waals surface area contributed by atoms with E-state index in [1.54, 1.807) is 0 Å². The molecule has 2 aliphatic rings. The molecule has 12 heteroatoms. The van der Waals surface area contributed by atoms with Gasteiger partial charge in [-0.3, -0.25) is 4.79 Å². The Morgan fingerprint density at radius 2 is 1.68 bits per heavy atom. The fourth-order valence-electron chi connectivity index (χ4n) is 3.88. The molecule has 0 spiro atoms. The van der Waals surface area contributed by atoms with Crippen molar-refractivity contribution >= 4 is 5.91 Å². The smallest absolute Gasteiger partial charge is 0.219 e. The fourth-order valence-corrected chi connectivity index (χ4v) is 3.88. The molecule has 2 heterocycles. The standard InChI is InChI=1S/C22H41NO11/c1-2-3-4-5-6-8-15(26)23-9-7-10-31-22-19(30)20(17(28)14(11-24)33-22)34-21-18(29)16(27)13(25)12-32-21/h13-14,16-22,24-25,27-30H,2-12H2,1H3,(H,23,26)/t13-,14-,16+,17-,18-,19-,20+,21-,22-/m1/s1. The lowest BCUT2D eigenvalue weighted by atomic mass is 9.98. The predicted octanol–water partition coefficient (Wildman–Crippen LogP) is -1.87. The van der Waals surface area contributed by atoms with Gasteiger partial charge in [-0.25, -0.2) is 0 Å². The molecule has 0 aromatic carbocycles. The Labute approximate surface area is 199 Å². The van der Waals surface area contributed by atoms with E-state index in [1.807, 2.05) is 0 Å². The quantitative estimate of drug-likeness (QED) is 0.134. The lowest BCUT2D eigenvalue weighted by Crippen LogP contribution is -2.63. The Morgan fingerprint density at radius 3 is 2.38 bits per heavy atom. The van der Waals surface area contributed by atoms with E-state index >= 15 is 0 Å². The maximum Gasteiger partial charge on any atom is 0.219 e. The molecule has 0 bridgehead atoms. The molecule has 34 heavy (non-hydrogen) atoms. The van der Waals surface area contributed by atoms with E-state index in [1.165, 1.54) is 6.42 Å². The van der Waals surface area contributed by atoms with Gasteiger partial charge in [-0.15, -0.1) is 0 Å². The molecule has 9 atom stereocenters. The van der Waals surface area contributed by atoms with Gasteiger partial charge in [0.2, 0.25) is 5.91 Å². The van der Waals surface area contributed by atoms with Crippen molar-refractivity contribution in [3.8, 4) is 0 Å². The van der Waals surface area contributed by atoms with Crippen molar-refractivity contribution in [2.45, 2.75) is 107 Å². The van der Waals surface area contributed by atoms with Crippen molar-refractivity contribution in [3.05, 3.63) is 0 Å². The van der Waals surface area contributed by atoms with Crippen LogP contribution in [0, 0.1) is 0 Å². The molecule has 0 aromatic heterocycles. The third kappa shape index (κ3) is 8.63. The number of hydrogen-bond donors (Lipinski definition) is 7. The second-order valence-electron chi connectivity index (χ2n) is 8.80. The summed E-state index contributed by atoms with van der Waals surface area (Å²) in [7, 11) is 0. The van der Waals surface area contributed by atoms with Crippen molar-refractivity contribution in [2.24, 2.45) is 0 Å². The van der Waals surface area contributed by atoms with E-state index in [-0.39, 0.29) is 19.1 Å². The monoisotopic (exact) mass is 495 g/mol. The maximum atomic E-state index is 11.9. The van der Waals surface area contributed by atoms with Gasteiger partial charge >= 0.3 is 0 Å². The first-order valence-corrected chi connectivity index (χ1v) is 12.1.